The number of carbonyl (C=O) groups excluding carboxylic acids is 3. The van der Waals surface area contributed by atoms with E-state index >= 15 is 0 Å². The van der Waals surface area contributed by atoms with Gasteiger partial charge in [-0.3, -0.25) is 14.4 Å². The molecule has 1 aromatic rings. The normalized spacial score (nSPS) is 30.7. The zero-order valence-electron chi connectivity index (χ0n) is 21.1. The third-order valence-corrected chi connectivity index (χ3v) is 9.23. The minimum atomic E-state index is -0.121. The summed E-state index contributed by atoms with van der Waals surface area (Å²) in [6.45, 7) is 3.42. The Balaban J connectivity index is 1.03. The average molecular weight is 480 g/mol. The van der Waals surface area contributed by atoms with Crippen molar-refractivity contribution in [3.63, 3.8) is 0 Å². The Kier molecular flexibility index (Phi) is 7.17. The van der Waals surface area contributed by atoms with E-state index < -0.39 is 0 Å². The van der Waals surface area contributed by atoms with Crippen molar-refractivity contribution in [2.75, 3.05) is 19.6 Å². The summed E-state index contributed by atoms with van der Waals surface area (Å²) in [5.41, 5.74) is 1.27. The van der Waals surface area contributed by atoms with Crippen LogP contribution >= 0.6 is 0 Å². The van der Waals surface area contributed by atoms with E-state index in [1.54, 1.807) is 0 Å². The molecule has 190 valence electrons. The summed E-state index contributed by atoms with van der Waals surface area (Å²) in [4.78, 5) is 40.3. The smallest absolute Gasteiger partial charge is 0.239 e. The van der Waals surface area contributed by atoms with E-state index in [2.05, 4.69) is 17.6 Å². The van der Waals surface area contributed by atoms with E-state index in [-0.39, 0.29) is 41.6 Å². The molecule has 4 saturated carbocycles. The fourth-order valence-corrected chi connectivity index (χ4v) is 8.07. The van der Waals surface area contributed by atoms with Crippen molar-refractivity contribution in [1.82, 2.24) is 15.5 Å². The summed E-state index contributed by atoms with van der Waals surface area (Å²) >= 11 is 0. The number of hydrogen-bond acceptors (Lipinski definition) is 3. The zero-order valence-corrected chi connectivity index (χ0v) is 21.1. The molecule has 2 N–H and O–H groups in total. The van der Waals surface area contributed by atoms with Crippen LogP contribution in [0.5, 0.6) is 0 Å². The van der Waals surface area contributed by atoms with Crippen LogP contribution in [0.4, 0.5) is 0 Å². The number of piperidine rings is 1. The van der Waals surface area contributed by atoms with Gasteiger partial charge < -0.3 is 15.5 Å². The Bertz CT molecular complexity index is 887. The molecule has 4 aliphatic carbocycles. The van der Waals surface area contributed by atoms with Gasteiger partial charge in [0.1, 0.15) is 0 Å². The highest BCUT2D eigenvalue weighted by Gasteiger charge is 2.51. The first kappa shape index (κ1) is 24.3. The zero-order chi connectivity index (χ0) is 24.4. The highest BCUT2D eigenvalue weighted by atomic mass is 16.2. The molecule has 6 nitrogen and oxygen atoms in total. The van der Waals surface area contributed by atoms with Crippen LogP contribution in [-0.4, -0.2) is 48.3 Å². The van der Waals surface area contributed by atoms with Crippen LogP contribution in [0, 0.1) is 23.2 Å². The summed E-state index contributed by atoms with van der Waals surface area (Å²) in [5, 5.41) is 5.98. The molecule has 0 radical (unpaired) electrons. The lowest BCUT2D eigenvalue weighted by molar-refractivity contribution is -0.134. The second kappa shape index (κ2) is 10.3. The van der Waals surface area contributed by atoms with Gasteiger partial charge in [-0.1, -0.05) is 37.3 Å². The molecular formula is C29H41N3O3. The molecular weight excluding hydrogens is 438 g/mol. The van der Waals surface area contributed by atoms with E-state index in [1.165, 1.54) is 38.5 Å². The predicted molar refractivity (Wildman–Crippen MR) is 135 cm³/mol. The second-order valence-electron chi connectivity index (χ2n) is 11.9. The lowest BCUT2D eigenvalue weighted by atomic mass is 9.49. The number of carbonyl (C=O) groups is 3. The van der Waals surface area contributed by atoms with Gasteiger partial charge in [0.05, 0.1) is 12.5 Å². The van der Waals surface area contributed by atoms with Gasteiger partial charge in [-0.2, -0.15) is 0 Å². The number of nitrogens with one attached hydrogen (secondary N) is 2. The molecule has 1 saturated heterocycles. The summed E-state index contributed by atoms with van der Waals surface area (Å²) in [6.07, 6.45) is 10.6. The van der Waals surface area contributed by atoms with Gasteiger partial charge in [-0.25, -0.2) is 0 Å². The summed E-state index contributed by atoms with van der Waals surface area (Å²) in [6, 6.07) is 10.0. The molecule has 1 aliphatic heterocycles. The Hall–Kier alpha value is -2.37. The highest BCUT2D eigenvalue weighted by molar-refractivity contribution is 5.85. The SMILES string of the molecule is CCC(C(=O)N1CCC(NC(=O)CNC(=O)CC23CC4CC(CC(C4)C2)C3)CC1)c1ccccc1. The van der Waals surface area contributed by atoms with E-state index in [1.807, 2.05) is 35.2 Å². The van der Waals surface area contributed by atoms with Gasteiger partial charge in [-0.15, -0.1) is 0 Å². The Morgan fingerprint density at radius 1 is 0.943 bits per heavy atom. The van der Waals surface area contributed by atoms with Crippen molar-refractivity contribution in [1.29, 1.82) is 0 Å². The summed E-state index contributed by atoms with van der Waals surface area (Å²) in [5.74, 6) is 2.48. The molecule has 1 heterocycles. The van der Waals surface area contributed by atoms with Gasteiger partial charge >= 0.3 is 0 Å². The molecule has 1 unspecified atom stereocenters. The predicted octanol–water partition coefficient (Wildman–Crippen LogP) is 4.01. The maximum Gasteiger partial charge on any atom is 0.239 e. The lowest BCUT2D eigenvalue weighted by Crippen LogP contribution is -2.50. The van der Waals surface area contributed by atoms with Crippen molar-refractivity contribution < 1.29 is 14.4 Å². The van der Waals surface area contributed by atoms with Crippen molar-refractivity contribution in [2.24, 2.45) is 23.2 Å². The van der Waals surface area contributed by atoms with Crippen molar-refractivity contribution in [3.05, 3.63) is 35.9 Å². The number of hydrogen-bond donors (Lipinski definition) is 2. The Morgan fingerprint density at radius 3 is 2.11 bits per heavy atom. The minimum Gasteiger partial charge on any atom is -0.352 e. The van der Waals surface area contributed by atoms with E-state index in [0.717, 1.165) is 42.6 Å². The van der Waals surface area contributed by atoms with Crippen molar-refractivity contribution >= 4 is 17.7 Å². The maximum atomic E-state index is 13.1. The number of nitrogens with zero attached hydrogens (tertiary/aromatic N) is 1. The molecule has 4 bridgehead atoms. The monoisotopic (exact) mass is 479 g/mol. The number of rotatable bonds is 8. The molecule has 5 aliphatic rings. The number of likely N-dealkylation sites (tertiary alicyclic amines) is 1. The third-order valence-electron chi connectivity index (χ3n) is 9.23. The summed E-state index contributed by atoms with van der Waals surface area (Å²) < 4.78 is 0. The molecule has 3 amide bonds. The van der Waals surface area contributed by atoms with Crippen LogP contribution in [0.2, 0.25) is 0 Å². The van der Waals surface area contributed by atoms with E-state index in [0.29, 0.717) is 19.5 Å². The molecule has 35 heavy (non-hydrogen) atoms. The molecule has 5 fully saturated rings. The molecule has 1 aromatic carbocycles. The molecule has 6 heteroatoms. The largest absolute Gasteiger partial charge is 0.352 e. The number of amides is 3. The topological polar surface area (TPSA) is 78.5 Å². The van der Waals surface area contributed by atoms with Gasteiger partial charge in [0.15, 0.2) is 0 Å². The molecule has 6 rings (SSSR count). The first-order valence-corrected chi connectivity index (χ1v) is 13.8. The van der Waals surface area contributed by atoms with Crippen LogP contribution < -0.4 is 10.6 Å². The Morgan fingerprint density at radius 2 is 1.54 bits per heavy atom. The number of benzene rings is 1. The van der Waals surface area contributed by atoms with Crippen LogP contribution in [0.1, 0.15) is 82.6 Å². The Labute approximate surface area is 209 Å². The standard InChI is InChI=1S/C29H41N3O3/c1-2-25(23-6-4-3-5-7-23)28(35)32-10-8-24(9-11-32)31-27(34)19-30-26(33)18-29-15-20-12-21(16-29)14-22(13-20)17-29/h3-7,20-22,24-25H,2,8-19H2,1H3,(H,30,33)(H,31,34). The second-order valence-corrected chi connectivity index (χ2v) is 11.9. The van der Waals surface area contributed by atoms with Crippen LogP contribution in [0.25, 0.3) is 0 Å². The minimum absolute atomic E-state index is 0.0361. The van der Waals surface area contributed by atoms with Crippen LogP contribution in [-0.2, 0) is 14.4 Å². The van der Waals surface area contributed by atoms with Gasteiger partial charge in [-0.05, 0) is 86.5 Å². The van der Waals surface area contributed by atoms with Crippen molar-refractivity contribution in [2.45, 2.75) is 83.1 Å². The first-order chi connectivity index (χ1) is 16.9. The third kappa shape index (κ3) is 5.57. The fourth-order valence-electron chi connectivity index (χ4n) is 8.07. The van der Waals surface area contributed by atoms with Gasteiger partial charge in [0.25, 0.3) is 0 Å². The quantitative estimate of drug-likeness (QED) is 0.591. The molecule has 1 atom stereocenters. The fraction of sp³-hybridized carbons (Fsp3) is 0.690. The van der Waals surface area contributed by atoms with Crippen LogP contribution in [0.3, 0.4) is 0 Å². The van der Waals surface area contributed by atoms with E-state index in [4.69, 9.17) is 0 Å². The van der Waals surface area contributed by atoms with Gasteiger partial charge in [0.2, 0.25) is 17.7 Å². The molecule has 0 spiro atoms. The van der Waals surface area contributed by atoms with Gasteiger partial charge in [0, 0.05) is 25.6 Å². The highest BCUT2D eigenvalue weighted by Crippen LogP contribution is 2.61. The molecule has 0 aromatic heterocycles. The first-order valence-electron chi connectivity index (χ1n) is 13.8. The maximum absolute atomic E-state index is 13.1. The average Bonchev–Trinajstić information content (AvgIpc) is 2.83. The van der Waals surface area contributed by atoms with Crippen molar-refractivity contribution in [3.8, 4) is 0 Å². The van der Waals surface area contributed by atoms with E-state index in [9.17, 15) is 14.4 Å². The summed E-state index contributed by atoms with van der Waals surface area (Å²) in [7, 11) is 0. The van der Waals surface area contributed by atoms with Crippen LogP contribution in [0.15, 0.2) is 30.3 Å². The lowest BCUT2D eigenvalue weighted by Gasteiger charge is -2.56.